The summed E-state index contributed by atoms with van der Waals surface area (Å²) in [5.41, 5.74) is 2.33. The molecule has 1 N–H and O–H groups in total. The van der Waals surface area contributed by atoms with E-state index in [-0.39, 0.29) is 18.4 Å². The third-order valence-electron chi connectivity index (χ3n) is 5.58. The first-order chi connectivity index (χ1) is 16.5. The molecule has 0 aromatic heterocycles. The normalized spacial score (nSPS) is 13.4. The number of carbonyl (C=O) groups excluding carboxylic acids is 2. The van der Waals surface area contributed by atoms with Crippen molar-refractivity contribution in [3.05, 3.63) is 83.4 Å². The molecule has 1 aliphatic rings. The minimum absolute atomic E-state index is 0.0157. The second kappa shape index (κ2) is 10.9. The molecule has 0 unspecified atom stereocenters. The number of rotatable bonds is 7. The lowest BCUT2D eigenvalue weighted by molar-refractivity contribution is -0.118. The maximum Gasteiger partial charge on any atom is 0.262 e. The molecule has 3 aromatic rings. The highest BCUT2D eigenvalue weighted by Gasteiger charge is 2.22. The lowest BCUT2D eigenvalue weighted by atomic mass is 10.1. The van der Waals surface area contributed by atoms with E-state index in [2.05, 4.69) is 10.2 Å². The fraction of sp³-hybridized carbons (Fsp3) is 0.231. The van der Waals surface area contributed by atoms with Crippen molar-refractivity contribution in [2.75, 3.05) is 50.1 Å². The molecule has 7 nitrogen and oxygen atoms in total. The van der Waals surface area contributed by atoms with Crippen LogP contribution in [0.15, 0.2) is 72.8 Å². The van der Waals surface area contributed by atoms with E-state index in [1.165, 1.54) is 0 Å². The molecule has 0 bridgehead atoms. The quantitative estimate of drug-likeness (QED) is 0.546. The molecule has 176 valence electrons. The molecule has 4 rings (SSSR count). The van der Waals surface area contributed by atoms with Crippen LogP contribution in [-0.4, -0.2) is 56.6 Å². The largest absolute Gasteiger partial charge is 0.497 e. The molecule has 34 heavy (non-hydrogen) atoms. The highest BCUT2D eigenvalue weighted by molar-refractivity contribution is 6.30. The van der Waals surface area contributed by atoms with E-state index in [1.54, 1.807) is 55.6 Å². The summed E-state index contributed by atoms with van der Waals surface area (Å²) in [5.74, 6) is 0.875. The van der Waals surface area contributed by atoms with Gasteiger partial charge in [0.15, 0.2) is 6.61 Å². The summed E-state index contributed by atoms with van der Waals surface area (Å²) in [6.07, 6.45) is 0. The Kier molecular flexibility index (Phi) is 7.54. The van der Waals surface area contributed by atoms with E-state index in [4.69, 9.17) is 21.1 Å². The molecule has 0 radical (unpaired) electrons. The van der Waals surface area contributed by atoms with Crippen molar-refractivity contribution < 1.29 is 19.1 Å². The number of nitrogens with zero attached hydrogens (tertiary/aromatic N) is 2. The first-order valence-corrected chi connectivity index (χ1v) is 11.4. The fourth-order valence-electron chi connectivity index (χ4n) is 3.74. The maximum atomic E-state index is 12.9. The van der Waals surface area contributed by atoms with Crippen molar-refractivity contribution in [2.24, 2.45) is 0 Å². The summed E-state index contributed by atoms with van der Waals surface area (Å²) in [5, 5.41) is 3.47. The average molecular weight is 480 g/mol. The number of hydrogen-bond donors (Lipinski definition) is 1. The zero-order valence-electron chi connectivity index (χ0n) is 18.9. The minimum atomic E-state index is -0.285. The summed E-state index contributed by atoms with van der Waals surface area (Å²) < 4.78 is 10.7. The Hall–Kier alpha value is -3.71. The number of piperazine rings is 1. The summed E-state index contributed by atoms with van der Waals surface area (Å²) in [6.45, 7) is 2.67. The highest BCUT2D eigenvalue weighted by atomic mass is 35.5. The Labute approximate surface area is 203 Å². The van der Waals surface area contributed by atoms with E-state index in [0.29, 0.717) is 40.9 Å². The molecule has 0 saturated carbocycles. The standard InChI is InChI=1S/C26H26ClN3O4/c1-33-24-4-2-3-21(17-24)28-25(31)18-34-23-11-5-19(6-12-23)26(32)30-15-13-29(14-16-30)22-9-7-20(27)8-10-22/h2-12,17H,13-16,18H2,1H3,(H,28,31). The van der Waals surface area contributed by atoms with Crippen LogP contribution >= 0.6 is 11.6 Å². The molecule has 8 heteroatoms. The third kappa shape index (κ3) is 5.99. The zero-order valence-corrected chi connectivity index (χ0v) is 19.6. The topological polar surface area (TPSA) is 71.1 Å². The number of amides is 2. The molecule has 1 heterocycles. The predicted molar refractivity (Wildman–Crippen MR) is 133 cm³/mol. The van der Waals surface area contributed by atoms with Crippen molar-refractivity contribution in [3.63, 3.8) is 0 Å². The SMILES string of the molecule is COc1cccc(NC(=O)COc2ccc(C(=O)N3CCN(c4ccc(Cl)cc4)CC3)cc2)c1. The molecule has 1 aliphatic heterocycles. The molecule has 2 amide bonds. The summed E-state index contributed by atoms with van der Waals surface area (Å²) >= 11 is 5.97. The Morgan fingerprint density at radius 2 is 1.62 bits per heavy atom. The lowest BCUT2D eigenvalue weighted by Gasteiger charge is -2.36. The van der Waals surface area contributed by atoms with Gasteiger partial charge in [0.1, 0.15) is 11.5 Å². The van der Waals surface area contributed by atoms with Gasteiger partial charge in [-0.25, -0.2) is 0 Å². The maximum absolute atomic E-state index is 12.9. The van der Waals surface area contributed by atoms with Gasteiger partial charge in [-0.1, -0.05) is 17.7 Å². The molecule has 0 atom stereocenters. The Morgan fingerprint density at radius 3 is 2.29 bits per heavy atom. The third-order valence-corrected chi connectivity index (χ3v) is 5.84. The van der Waals surface area contributed by atoms with Crippen molar-refractivity contribution in [3.8, 4) is 11.5 Å². The van der Waals surface area contributed by atoms with Crippen molar-refractivity contribution >= 4 is 34.8 Å². The van der Waals surface area contributed by atoms with Gasteiger partial charge in [0.05, 0.1) is 7.11 Å². The second-order valence-electron chi connectivity index (χ2n) is 7.85. The summed E-state index contributed by atoms with van der Waals surface area (Å²) in [7, 11) is 1.57. The van der Waals surface area contributed by atoms with Crippen LogP contribution in [0.3, 0.4) is 0 Å². The van der Waals surface area contributed by atoms with Crippen LogP contribution < -0.4 is 19.7 Å². The number of anilines is 2. The lowest BCUT2D eigenvalue weighted by Crippen LogP contribution is -2.48. The van der Waals surface area contributed by atoms with Crippen molar-refractivity contribution in [1.82, 2.24) is 4.90 Å². The van der Waals surface area contributed by atoms with Gasteiger partial charge in [-0.15, -0.1) is 0 Å². The van der Waals surface area contributed by atoms with Gasteiger partial charge in [-0.3, -0.25) is 9.59 Å². The monoisotopic (exact) mass is 479 g/mol. The van der Waals surface area contributed by atoms with Crippen LogP contribution in [0.2, 0.25) is 5.02 Å². The van der Waals surface area contributed by atoms with Gasteiger partial charge in [-0.05, 0) is 60.7 Å². The van der Waals surface area contributed by atoms with E-state index < -0.39 is 0 Å². The molecule has 0 aliphatic carbocycles. The Balaban J connectivity index is 1.25. The van der Waals surface area contributed by atoms with Gasteiger partial charge in [0.25, 0.3) is 11.8 Å². The van der Waals surface area contributed by atoms with Crippen LogP contribution in [0.1, 0.15) is 10.4 Å². The smallest absolute Gasteiger partial charge is 0.262 e. The second-order valence-corrected chi connectivity index (χ2v) is 8.29. The average Bonchev–Trinajstić information content (AvgIpc) is 2.88. The molecule has 1 fully saturated rings. The van der Waals surface area contributed by atoms with Crippen LogP contribution in [-0.2, 0) is 4.79 Å². The zero-order chi connectivity index (χ0) is 23.9. The summed E-state index contributed by atoms with van der Waals surface area (Å²) in [4.78, 5) is 29.2. The Bertz CT molecular complexity index is 1130. The van der Waals surface area contributed by atoms with E-state index >= 15 is 0 Å². The molecule has 3 aromatic carbocycles. The van der Waals surface area contributed by atoms with E-state index in [9.17, 15) is 9.59 Å². The Morgan fingerprint density at radius 1 is 0.912 bits per heavy atom. The van der Waals surface area contributed by atoms with E-state index in [1.807, 2.05) is 29.2 Å². The molecule has 1 saturated heterocycles. The van der Waals surface area contributed by atoms with Gasteiger partial charge < -0.3 is 24.6 Å². The minimum Gasteiger partial charge on any atom is -0.497 e. The number of nitrogens with one attached hydrogen (secondary N) is 1. The number of methoxy groups -OCH3 is 1. The van der Waals surface area contributed by atoms with Crippen molar-refractivity contribution in [1.29, 1.82) is 0 Å². The van der Waals surface area contributed by atoms with Crippen LogP contribution in [0.5, 0.6) is 11.5 Å². The van der Waals surface area contributed by atoms with Crippen LogP contribution in [0, 0.1) is 0 Å². The fourth-order valence-corrected chi connectivity index (χ4v) is 3.87. The van der Waals surface area contributed by atoms with Crippen LogP contribution in [0.25, 0.3) is 0 Å². The predicted octanol–water partition coefficient (Wildman–Crippen LogP) is 4.33. The summed E-state index contributed by atoms with van der Waals surface area (Å²) in [6, 6.07) is 21.7. The molecular weight excluding hydrogens is 454 g/mol. The number of ether oxygens (including phenoxy) is 2. The number of hydrogen-bond acceptors (Lipinski definition) is 5. The van der Waals surface area contributed by atoms with Gasteiger partial charge in [0.2, 0.25) is 0 Å². The van der Waals surface area contributed by atoms with Gasteiger partial charge >= 0.3 is 0 Å². The van der Waals surface area contributed by atoms with Crippen molar-refractivity contribution in [2.45, 2.75) is 0 Å². The molecular formula is C26H26ClN3O4. The number of benzene rings is 3. The number of carbonyl (C=O) groups is 2. The first-order valence-electron chi connectivity index (χ1n) is 11.0. The highest BCUT2D eigenvalue weighted by Crippen LogP contribution is 2.21. The van der Waals surface area contributed by atoms with Gasteiger partial charge in [-0.2, -0.15) is 0 Å². The van der Waals surface area contributed by atoms with E-state index in [0.717, 1.165) is 18.8 Å². The van der Waals surface area contributed by atoms with Gasteiger partial charge in [0, 0.05) is 54.2 Å². The number of halogens is 1. The van der Waals surface area contributed by atoms with Crippen LogP contribution in [0.4, 0.5) is 11.4 Å². The first kappa shape index (κ1) is 23.4. The molecule has 0 spiro atoms.